The van der Waals surface area contributed by atoms with Crippen molar-refractivity contribution in [2.24, 2.45) is 0 Å². The molecule has 0 amide bonds. The first-order valence-electron chi connectivity index (χ1n) is 41.1. The van der Waals surface area contributed by atoms with Gasteiger partial charge in [0.05, 0.1) is 6.61 Å². The number of carbonyl (C=O) groups is 2. The van der Waals surface area contributed by atoms with E-state index in [9.17, 15) is 14.7 Å². The molecule has 0 saturated carbocycles. The van der Waals surface area contributed by atoms with Crippen LogP contribution in [0.15, 0.2) is 85.1 Å². The van der Waals surface area contributed by atoms with Crippen molar-refractivity contribution in [1.82, 2.24) is 0 Å². The Balaban J connectivity index is 3.37. The van der Waals surface area contributed by atoms with Crippen LogP contribution in [0.4, 0.5) is 0 Å². The summed E-state index contributed by atoms with van der Waals surface area (Å²) in [5.74, 6) is -0.565. The monoisotopic (exact) mass is 1280 g/mol. The van der Waals surface area contributed by atoms with Gasteiger partial charge in [0.25, 0.3) is 0 Å². The summed E-state index contributed by atoms with van der Waals surface area (Å²) in [5, 5.41) is 9.74. The third-order valence-corrected chi connectivity index (χ3v) is 18.7. The zero-order valence-electron chi connectivity index (χ0n) is 61.8. The predicted octanol–water partition coefficient (Wildman–Crippen LogP) is 29.1. The van der Waals surface area contributed by atoms with E-state index in [4.69, 9.17) is 9.47 Å². The molecule has 1 atom stereocenters. The summed E-state index contributed by atoms with van der Waals surface area (Å²) < 4.78 is 10.8. The molecule has 0 rings (SSSR count). The highest BCUT2D eigenvalue weighted by Gasteiger charge is 2.16. The topological polar surface area (TPSA) is 72.8 Å². The highest BCUT2D eigenvalue weighted by atomic mass is 16.6. The average Bonchev–Trinajstić information content (AvgIpc) is 3.75. The van der Waals surface area contributed by atoms with Gasteiger partial charge < -0.3 is 14.6 Å². The Kier molecular flexibility index (Phi) is 79.7. The Morgan fingerprint density at radius 3 is 0.707 bits per heavy atom. The van der Waals surface area contributed by atoms with Crippen molar-refractivity contribution < 1.29 is 24.2 Å². The van der Waals surface area contributed by atoms with Crippen LogP contribution in [0.3, 0.4) is 0 Å². The highest BCUT2D eigenvalue weighted by Crippen LogP contribution is 2.20. The molecular formula is C87H158O5. The van der Waals surface area contributed by atoms with Gasteiger partial charge in [-0.05, 0) is 89.9 Å². The lowest BCUT2D eigenvalue weighted by Gasteiger charge is -2.15. The SMILES string of the molecule is CC/C=C\C/C=C\C/C=C\C/C=C\C/C=C\CCCCCCCCCCCCCCCCCCCCCCCCCC(=O)OC(CO)COC(=O)CCCCCCCCCCCCCCCCCCCCCCCCCCCCC/C=C\C/C=C\CCCCCCC. The van der Waals surface area contributed by atoms with Gasteiger partial charge in [0.2, 0.25) is 0 Å². The summed E-state index contributed by atoms with van der Waals surface area (Å²) in [5.41, 5.74) is 0. The van der Waals surface area contributed by atoms with Gasteiger partial charge in [0.15, 0.2) is 6.10 Å². The number of hydrogen-bond acceptors (Lipinski definition) is 5. The van der Waals surface area contributed by atoms with Gasteiger partial charge in [-0.25, -0.2) is 0 Å². The minimum absolute atomic E-state index is 0.0606. The van der Waals surface area contributed by atoms with E-state index in [1.54, 1.807) is 0 Å². The molecule has 0 aromatic rings. The van der Waals surface area contributed by atoms with Gasteiger partial charge in [-0.1, -0.05) is 420 Å². The molecule has 0 heterocycles. The number of ether oxygens (including phenoxy) is 2. The molecule has 0 aliphatic heterocycles. The molecule has 1 unspecified atom stereocenters. The molecule has 0 aliphatic rings. The molecule has 0 saturated heterocycles. The number of hydrogen-bond donors (Lipinski definition) is 1. The van der Waals surface area contributed by atoms with E-state index in [0.29, 0.717) is 12.8 Å². The first kappa shape index (κ1) is 89.1. The lowest BCUT2D eigenvalue weighted by Crippen LogP contribution is -2.28. The molecule has 0 aliphatic carbocycles. The zero-order valence-corrected chi connectivity index (χ0v) is 61.8. The van der Waals surface area contributed by atoms with Crippen LogP contribution in [0.5, 0.6) is 0 Å². The Morgan fingerprint density at radius 2 is 0.467 bits per heavy atom. The van der Waals surface area contributed by atoms with Crippen LogP contribution in [-0.2, 0) is 19.1 Å². The highest BCUT2D eigenvalue weighted by molar-refractivity contribution is 5.70. The maximum atomic E-state index is 12.4. The molecule has 536 valence electrons. The molecule has 0 aromatic carbocycles. The third kappa shape index (κ3) is 79.5. The van der Waals surface area contributed by atoms with Crippen LogP contribution >= 0.6 is 0 Å². The minimum Gasteiger partial charge on any atom is -0.462 e. The summed E-state index contributed by atoms with van der Waals surface area (Å²) in [6.07, 6.45) is 117. The van der Waals surface area contributed by atoms with E-state index in [0.717, 1.165) is 77.0 Å². The van der Waals surface area contributed by atoms with E-state index in [2.05, 4.69) is 98.9 Å². The smallest absolute Gasteiger partial charge is 0.306 e. The number of carbonyl (C=O) groups excluding carboxylic acids is 2. The molecule has 1 N–H and O–H groups in total. The van der Waals surface area contributed by atoms with Gasteiger partial charge >= 0.3 is 11.9 Å². The number of rotatable bonds is 77. The first-order valence-corrected chi connectivity index (χ1v) is 41.1. The van der Waals surface area contributed by atoms with E-state index < -0.39 is 6.10 Å². The number of unbranched alkanes of at least 4 members (excludes halogenated alkanes) is 55. The fourth-order valence-corrected chi connectivity index (χ4v) is 12.6. The molecule has 0 aromatic heterocycles. The lowest BCUT2D eigenvalue weighted by atomic mass is 10.0. The Bertz CT molecular complexity index is 1650. The van der Waals surface area contributed by atoms with Crippen LogP contribution < -0.4 is 0 Å². The molecule has 5 heteroatoms. The molecule has 0 spiro atoms. The summed E-state index contributed by atoms with van der Waals surface area (Å²) in [4.78, 5) is 24.7. The molecular weight excluding hydrogens is 1120 g/mol. The van der Waals surface area contributed by atoms with Crippen LogP contribution in [-0.4, -0.2) is 36.4 Å². The van der Waals surface area contributed by atoms with Crippen molar-refractivity contribution >= 4 is 11.9 Å². The molecule has 5 nitrogen and oxygen atoms in total. The second-order valence-electron chi connectivity index (χ2n) is 27.8. The van der Waals surface area contributed by atoms with Gasteiger partial charge in [0, 0.05) is 12.8 Å². The predicted molar refractivity (Wildman–Crippen MR) is 408 cm³/mol. The van der Waals surface area contributed by atoms with Gasteiger partial charge in [-0.15, -0.1) is 0 Å². The van der Waals surface area contributed by atoms with E-state index in [1.807, 2.05) is 0 Å². The second kappa shape index (κ2) is 82.3. The molecule has 0 bridgehead atoms. The number of esters is 2. The van der Waals surface area contributed by atoms with E-state index >= 15 is 0 Å². The van der Waals surface area contributed by atoms with Gasteiger partial charge in [-0.3, -0.25) is 9.59 Å². The van der Waals surface area contributed by atoms with Crippen molar-refractivity contribution in [2.45, 2.75) is 444 Å². The largest absolute Gasteiger partial charge is 0.462 e. The average molecular weight is 1280 g/mol. The standard InChI is InChI=1S/C87H158O5/c1-3-5-7-9-11-13-15-17-19-21-23-25-27-29-31-33-35-37-39-41-43-45-47-49-51-53-55-57-59-61-63-65-67-69-71-73-75-77-79-81-86(89)91-84-85(83-88)92-87(90)82-80-78-76-74-72-70-68-66-64-62-60-58-56-54-52-50-48-46-44-42-40-38-36-34-32-30-28-26-24-22-20-18-16-14-12-10-8-6-4-2/h6,8,12,14-15,17-18,20-21,23-24,26,30,32,85,88H,3-5,7,9-11,13,16,19,22,25,27-29,31,33-84H2,1-2H3/b8-6-,14-12-,17-15-,20-18-,23-21-,26-24-,32-30-. The summed E-state index contributed by atoms with van der Waals surface area (Å²) in [6, 6.07) is 0. The van der Waals surface area contributed by atoms with Crippen LogP contribution in [0, 0.1) is 0 Å². The molecule has 92 heavy (non-hydrogen) atoms. The lowest BCUT2D eigenvalue weighted by molar-refractivity contribution is -0.161. The van der Waals surface area contributed by atoms with Crippen molar-refractivity contribution in [2.75, 3.05) is 13.2 Å². The van der Waals surface area contributed by atoms with Crippen molar-refractivity contribution in [3.63, 3.8) is 0 Å². The first-order chi connectivity index (χ1) is 45.6. The summed E-state index contributed by atoms with van der Waals surface area (Å²) in [6.45, 7) is 4.07. The fourth-order valence-electron chi connectivity index (χ4n) is 12.6. The third-order valence-electron chi connectivity index (χ3n) is 18.7. The van der Waals surface area contributed by atoms with Crippen molar-refractivity contribution in [3.8, 4) is 0 Å². The minimum atomic E-state index is -0.773. The quantitative estimate of drug-likeness (QED) is 0.0373. The van der Waals surface area contributed by atoms with Gasteiger partial charge in [-0.2, -0.15) is 0 Å². The molecule has 0 fully saturated rings. The van der Waals surface area contributed by atoms with E-state index in [1.165, 1.54) is 334 Å². The Hall–Kier alpha value is -2.92. The second-order valence-corrected chi connectivity index (χ2v) is 27.8. The Labute approximate surface area is 575 Å². The number of allylic oxidation sites excluding steroid dienone is 14. The maximum absolute atomic E-state index is 12.4. The van der Waals surface area contributed by atoms with Crippen LogP contribution in [0.1, 0.15) is 438 Å². The normalized spacial score (nSPS) is 12.6. The van der Waals surface area contributed by atoms with Crippen LogP contribution in [0.25, 0.3) is 0 Å². The number of aliphatic hydroxyl groups is 1. The fraction of sp³-hybridized carbons (Fsp3) is 0.816. The molecule has 0 radical (unpaired) electrons. The summed E-state index contributed by atoms with van der Waals surface area (Å²) >= 11 is 0. The van der Waals surface area contributed by atoms with Crippen LogP contribution in [0.2, 0.25) is 0 Å². The Morgan fingerprint density at radius 1 is 0.261 bits per heavy atom. The van der Waals surface area contributed by atoms with Gasteiger partial charge in [0.1, 0.15) is 6.61 Å². The van der Waals surface area contributed by atoms with Crippen molar-refractivity contribution in [3.05, 3.63) is 85.1 Å². The van der Waals surface area contributed by atoms with Crippen molar-refractivity contribution in [1.29, 1.82) is 0 Å². The maximum Gasteiger partial charge on any atom is 0.306 e. The zero-order chi connectivity index (χ0) is 66.1. The summed E-state index contributed by atoms with van der Waals surface area (Å²) in [7, 11) is 0. The number of aliphatic hydroxyl groups excluding tert-OH is 1. The van der Waals surface area contributed by atoms with E-state index in [-0.39, 0.29) is 25.2 Å².